The SMILES string of the molecule is C.CCC1CCCCC1CNC(=O)/C=C/c1ccccc1.CCCC(CCC)c1noc2cc(F)ccc12. The molecule has 0 bridgehead atoms. The number of hydrogen-bond acceptors (Lipinski definition) is 3. The van der Waals surface area contributed by atoms with Gasteiger partial charge in [-0.15, -0.1) is 0 Å². The Kier molecular flexibility index (Phi) is 13.8. The van der Waals surface area contributed by atoms with Crippen LogP contribution in [-0.2, 0) is 4.79 Å². The molecule has 1 N–H and O–H groups in total. The highest BCUT2D eigenvalue weighted by atomic mass is 19.1. The maximum absolute atomic E-state index is 13.1. The van der Waals surface area contributed by atoms with Crippen molar-refractivity contribution in [2.45, 2.75) is 91.9 Å². The predicted octanol–water partition coefficient (Wildman–Crippen LogP) is 9.32. The third kappa shape index (κ3) is 9.41. The first kappa shape index (κ1) is 31.3. The molecule has 0 radical (unpaired) electrons. The van der Waals surface area contributed by atoms with Gasteiger partial charge in [-0.05, 0) is 54.9 Å². The van der Waals surface area contributed by atoms with Crippen molar-refractivity contribution in [2.24, 2.45) is 11.8 Å². The van der Waals surface area contributed by atoms with E-state index >= 15 is 0 Å². The van der Waals surface area contributed by atoms with E-state index < -0.39 is 0 Å². The van der Waals surface area contributed by atoms with Crippen molar-refractivity contribution in [2.75, 3.05) is 6.54 Å². The summed E-state index contributed by atoms with van der Waals surface area (Å²) < 4.78 is 18.3. The number of aromatic nitrogens is 1. The Labute approximate surface area is 229 Å². The Balaban J connectivity index is 0.000000263. The number of hydrogen-bond donors (Lipinski definition) is 1. The summed E-state index contributed by atoms with van der Waals surface area (Å²) in [5.41, 5.74) is 2.60. The maximum Gasteiger partial charge on any atom is 0.244 e. The molecule has 1 heterocycles. The summed E-state index contributed by atoms with van der Waals surface area (Å²) in [7, 11) is 0. The molecule has 1 fully saturated rings. The van der Waals surface area contributed by atoms with Crippen LogP contribution in [0.2, 0.25) is 0 Å². The lowest BCUT2D eigenvalue weighted by Crippen LogP contribution is -2.33. The molecule has 0 aliphatic heterocycles. The smallest absolute Gasteiger partial charge is 0.244 e. The molecule has 0 spiro atoms. The quantitative estimate of drug-likeness (QED) is 0.270. The standard InChI is InChI=1S/C18H25NO.C14H18FNO.CH4/c1-2-16-10-6-7-11-17(16)14-19-18(20)13-12-15-8-4-3-5-9-15;1-3-5-10(6-4-2)14-12-8-7-11(15)9-13(12)17-16-14;/h3-5,8-9,12-13,16-17H,2,6-7,10-11,14H2,1H3,(H,19,20);7-10H,3-6H2,1-2H3;1H4/b13-12+;;. The zero-order chi connectivity index (χ0) is 26.5. The molecular weight excluding hydrogens is 475 g/mol. The lowest BCUT2D eigenvalue weighted by atomic mass is 9.78. The van der Waals surface area contributed by atoms with Crippen LogP contribution >= 0.6 is 0 Å². The van der Waals surface area contributed by atoms with Gasteiger partial charge in [-0.2, -0.15) is 0 Å². The van der Waals surface area contributed by atoms with Gasteiger partial charge in [-0.3, -0.25) is 4.79 Å². The van der Waals surface area contributed by atoms with Crippen LogP contribution in [0.25, 0.3) is 17.0 Å². The van der Waals surface area contributed by atoms with Gasteiger partial charge in [0.2, 0.25) is 5.91 Å². The lowest BCUT2D eigenvalue weighted by molar-refractivity contribution is -0.116. The van der Waals surface area contributed by atoms with Gasteiger partial charge in [0.1, 0.15) is 5.82 Å². The Hall–Kier alpha value is -2.95. The highest BCUT2D eigenvalue weighted by molar-refractivity contribution is 5.91. The highest BCUT2D eigenvalue weighted by Gasteiger charge is 2.23. The first-order valence-electron chi connectivity index (χ1n) is 14.1. The minimum absolute atomic E-state index is 0. The number of rotatable bonds is 10. The van der Waals surface area contributed by atoms with Crippen LogP contribution in [0.5, 0.6) is 0 Å². The molecule has 208 valence electrons. The van der Waals surface area contributed by atoms with Crippen LogP contribution in [0.1, 0.15) is 103 Å². The average Bonchev–Trinajstić information content (AvgIpc) is 3.34. The first-order chi connectivity index (χ1) is 18.0. The molecule has 0 saturated heterocycles. The zero-order valence-electron chi connectivity index (χ0n) is 22.7. The Morgan fingerprint density at radius 2 is 1.74 bits per heavy atom. The molecule has 2 atom stereocenters. The number of amides is 1. The van der Waals surface area contributed by atoms with Gasteiger partial charge in [-0.1, -0.05) is 102 Å². The van der Waals surface area contributed by atoms with E-state index in [4.69, 9.17) is 4.52 Å². The van der Waals surface area contributed by atoms with Gasteiger partial charge in [-0.25, -0.2) is 4.39 Å². The van der Waals surface area contributed by atoms with Crippen molar-refractivity contribution in [1.29, 1.82) is 0 Å². The van der Waals surface area contributed by atoms with E-state index in [2.05, 4.69) is 31.2 Å². The number of fused-ring (bicyclic) bond motifs is 1. The molecule has 3 aromatic rings. The summed E-state index contributed by atoms with van der Waals surface area (Å²) in [5.74, 6) is 1.64. The number of carbonyl (C=O) groups excluding carboxylic acids is 1. The largest absolute Gasteiger partial charge is 0.356 e. The van der Waals surface area contributed by atoms with Gasteiger partial charge >= 0.3 is 0 Å². The van der Waals surface area contributed by atoms with Gasteiger partial charge in [0.05, 0.1) is 5.69 Å². The topological polar surface area (TPSA) is 55.1 Å². The normalized spacial score (nSPS) is 17.2. The Bertz CT molecular complexity index is 1100. The number of halogens is 1. The fraction of sp³-hybridized carbons (Fsp3) is 0.515. The lowest BCUT2D eigenvalue weighted by Gasteiger charge is -2.30. The minimum atomic E-state index is -0.275. The van der Waals surface area contributed by atoms with E-state index in [0.717, 1.165) is 54.8 Å². The molecule has 1 amide bonds. The molecule has 2 unspecified atom stereocenters. The second-order valence-corrected chi connectivity index (χ2v) is 10.2. The fourth-order valence-electron chi connectivity index (χ4n) is 5.46. The van der Waals surface area contributed by atoms with E-state index in [1.807, 2.05) is 36.4 Å². The van der Waals surface area contributed by atoms with E-state index in [1.54, 1.807) is 12.1 Å². The molecule has 5 heteroatoms. The first-order valence-corrected chi connectivity index (χ1v) is 14.1. The third-order valence-electron chi connectivity index (χ3n) is 7.48. The molecule has 1 aromatic heterocycles. The van der Waals surface area contributed by atoms with Crippen LogP contribution < -0.4 is 5.32 Å². The van der Waals surface area contributed by atoms with Crippen LogP contribution in [0, 0.1) is 17.7 Å². The minimum Gasteiger partial charge on any atom is -0.356 e. The van der Waals surface area contributed by atoms with E-state index in [9.17, 15) is 9.18 Å². The summed E-state index contributed by atoms with van der Waals surface area (Å²) in [5, 5.41) is 8.15. The Morgan fingerprint density at radius 3 is 2.39 bits per heavy atom. The van der Waals surface area contributed by atoms with Crippen molar-refractivity contribution in [3.8, 4) is 0 Å². The molecule has 4 rings (SSSR count). The van der Waals surface area contributed by atoms with Crippen LogP contribution in [0.15, 0.2) is 59.1 Å². The van der Waals surface area contributed by atoms with Crippen molar-refractivity contribution in [3.63, 3.8) is 0 Å². The molecule has 1 aliphatic carbocycles. The fourth-order valence-corrected chi connectivity index (χ4v) is 5.46. The third-order valence-corrected chi connectivity index (χ3v) is 7.48. The number of carbonyl (C=O) groups is 1. The van der Waals surface area contributed by atoms with Crippen LogP contribution in [-0.4, -0.2) is 17.6 Å². The summed E-state index contributed by atoms with van der Waals surface area (Å²) in [6.45, 7) is 7.44. The number of benzene rings is 2. The summed E-state index contributed by atoms with van der Waals surface area (Å²) in [4.78, 5) is 11.9. The molecule has 1 aliphatic rings. The van der Waals surface area contributed by atoms with Crippen LogP contribution in [0.4, 0.5) is 4.39 Å². The Morgan fingerprint density at radius 1 is 1.05 bits per heavy atom. The van der Waals surface area contributed by atoms with Crippen molar-refractivity contribution < 1.29 is 13.7 Å². The monoisotopic (exact) mass is 522 g/mol. The van der Waals surface area contributed by atoms with E-state index in [1.165, 1.54) is 44.2 Å². The number of nitrogens with one attached hydrogen (secondary N) is 1. The highest BCUT2D eigenvalue weighted by Crippen LogP contribution is 2.32. The molecule has 38 heavy (non-hydrogen) atoms. The zero-order valence-corrected chi connectivity index (χ0v) is 22.7. The second-order valence-electron chi connectivity index (χ2n) is 10.2. The average molecular weight is 523 g/mol. The number of nitrogens with zero attached hydrogens (tertiary/aromatic N) is 1. The predicted molar refractivity (Wildman–Crippen MR) is 157 cm³/mol. The van der Waals surface area contributed by atoms with Gasteiger partial charge in [0.15, 0.2) is 5.58 Å². The summed E-state index contributed by atoms with van der Waals surface area (Å²) >= 11 is 0. The molecule has 4 nitrogen and oxygen atoms in total. The van der Waals surface area contributed by atoms with Gasteiger partial charge in [0, 0.05) is 30.0 Å². The van der Waals surface area contributed by atoms with Crippen LogP contribution in [0.3, 0.4) is 0 Å². The van der Waals surface area contributed by atoms with E-state index in [-0.39, 0.29) is 19.2 Å². The van der Waals surface area contributed by atoms with Crippen molar-refractivity contribution >= 4 is 23.0 Å². The molecular formula is C33H47FN2O2. The molecule has 1 saturated carbocycles. The van der Waals surface area contributed by atoms with E-state index in [0.29, 0.717) is 17.4 Å². The van der Waals surface area contributed by atoms with Crippen molar-refractivity contribution in [1.82, 2.24) is 10.5 Å². The maximum atomic E-state index is 13.1. The van der Waals surface area contributed by atoms with Gasteiger partial charge < -0.3 is 9.84 Å². The summed E-state index contributed by atoms with van der Waals surface area (Å²) in [6.07, 6.45) is 14.5. The second kappa shape index (κ2) is 16.8. The summed E-state index contributed by atoms with van der Waals surface area (Å²) in [6, 6.07) is 14.6. The van der Waals surface area contributed by atoms with Crippen molar-refractivity contribution in [3.05, 3.63) is 71.7 Å². The van der Waals surface area contributed by atoms with Gasteiger partial charge in [0.25, 0.3) is 0 Å². The molecule has 2 aromatic carbocycles.